The van der Waals surface area contributed by atoms with E-state index < -0.39 is 11.9 Å². The van der Waals surface area contributed by atoms with Crippen molar-refractivity contribution in [2.45, 2.75) is 25.7 Å². The molecule has 1 saturated heterocycles. The number of amides is 2. The maximum absolute atomic E-state index is 12.3. The molecule has 2 aromatic rings. The van der Waals surface area contributed by atoms with E-state index in [1.807, 2.05) is 18.2 Å². The second-order valence-electron chi connectivity index (χ2n) is 7.16. The van der Waals surface area contributed by atoms with Gasteiger partial charge in [0, 0.05) is 19.6 Å². The molecule has 3 rings (SSSR count). The molecule has 1 aromatic heterocycles. The Morgan fingerprint density at radius 2 is 1.83 bits per heavy atom. The summed E-state index contributed by atoms with van der Waals surface area (Å²) in [7, 11) is 0. The summed E-state index contributed by atoms with van der Waals surface area (Å²) in [5.41, 5.74) is 1.32. The minimum atomic E-state index is -0.517. The van der Waals surface area contributed by atoms with Gasteiger partial charge in [-0.2, -0.15) is 0 Å². The number of nitrogens with one attached hydrogen (secondary N) is 1. The molecular formula is C22H26N2O5. The molecule has 0 radical (unpaired) electrons. The van der Waals surface area contributed by atoms with Crippen molar-refractivity contribution in [1.82, 2.24) is 10.2 Å². The average Bonchev–Trinajstić information content (AvgIpc) is 3.28. The lowest BCUT2D eigenvalue weighted by molar-refractivity contribution is -0.152. The van der Waals surface area contributed by atoms with Gasteiger partial charge in [-0.25, -0.2) is 0 Å². The highest BCUT2D eigenvalue weighted by Gasteiger charge is 2.23. The zero-order valence-electron chi connectivity index (χ0n) is 16.3. The third-order valence-corrected chi connectivity index (χ3v) is 5.05. The van der Waals surface area contributed by atoms with Crippen LogP contribution in [0.25, 0.3) is 0 Å². The second kappa shape index (κ2) is 10.5. The third kappa shape index (κ3) is 6.48. The lowest BCUT2D eigenvalue weighted by Gasteiger charge is -2.32. The van der Waals surface area contributed by atoms with Crippen LogP contribution >= 0.6 is 0 Å². The Morgan fingerprint density at radius 1 is 1.07 bits per heavy atom. The van der Waals surface area contributed by atoms with Crippen molar-refractivity contribution in [2.24, 2.45) is 5.92 Å². The number of ether oxygens (including phenoxy) is 1. The van der Waals surface area contributed by atoms with Gasteiger partial charge in [0.2, 0.25) is 0 Å². The molecule has 2 amide bonds. The van der Waals surface area contributed by atoms with Crippen LogP contribution in [-0.4, -0.2) is 48.9 Å². The fraction of sp³-hybridized carbons (Fsp3) is 0.409. The van der Waals surface area contributed by atoms with Crippen LogP contribution in [0, 0.1) is 5.92 Å². The van der Waals surface area contributed by atoms with E-state index in [2.05, 4.69) is 17.4 Å². The van der Waals surface area contributed by atoms with Crippen LogP contribution in [0.1, 0.15) is 35.4 Å². The fourth-order valence-electron chi connectivity index (χ4n) is 3.41. The number of esters is 1. The normalized spacial score (nSPS) is 14.4. The molecule has 1 aliphatic heterocycles. The fourth-order valence-corrected chi connectivity index (χ4v) is 3.41. The summed E-state index contributed by atoms with van der Waals surface area (Å²) in [6.45, 7) is 1.24. The summed E-state index contributed by atoms with van der Waals surface area (Å²) in [6, 6.07) is 13.5. The van der Waals surface area contributed by atoms with Crippen molar-refractivity contribution in [1.29, 1.82) is 0 Å². The molecule has 1 fully saturated rings. The Hall–Kier alpha value is -3.09. The summed E-state index contributed by atoms with van der Waals surface area (Å²) >= 11 is 0. The standard InChI is InChI=1S/C22H26N2O5/c25-20(16-29-21(26)8-11-23-22(27)19-7-4-14-28-19)24-12-9-18(10-13-24)15-17-5-2-1-3-6-17/h1-7,14,18H,8-13,15-16H2,(H,23,27). The predicted molar refractivity (Wildman–Crippen MR) is 106 cm³/mol. The molecule has 1 aromatic carbocycles. The number of hydrogen-bond acceptors (Lipinski definition) is 5. The van der Waals surface area contributed by atoms with E-state index in [1.165, 1.54) is 17.9 Å². The molecule has 0 unspecified atom stereocenters. The first-order valence-electron chi connectivity index (χ1n) is 9.91. The molecule has 29 heavy (non-hydrogen) atoms. The van der Waals surface area contributed by atoms with Crippen LogP contribution < -0.4 is 5.32 Å². The summed E-state index contributed by atoms with van der Waals surface area (Å²) in [4.78, 5) is 37.5. The smallest absolute Gasteiger partial charge is 0.308 e. The Kier molecular flexibility index (Phi) is 7.44. The van der Waals surface area contributed by atoms with Crippen molar-refractivity contribution in [3.05, 3.63) is 60.1 Å². The summed E-state index contributed by atoms with van der Waals surface area (Å²) in [6.07, 6.45) is 4.33. The number of piperidine rings is 1. The maximum Gasteiger partial charge on any atom is 0.308 e. The Balaban J connectivity index is 1.29. The monoisotopic (exact) mass is 398 g/mol. The number of hydrogen-bond donors (Lipinski definition) is 1. The highest BCUT2D eigenvalue weighted by Crippen LogP contribution is 2.21. The molecule has 1 N–H and O–H groups in total. The summed E-state index contributed by atoms with van der Waals surface area (Å²) < 4.78 is 10.0. The van der Waals surface area contributed by atoms with Crippen LogP contribution in [-0.2, 0) is 20.7 Å². The van der Waals surface area contributed by atoms with Gasteiger partial charge >= 0.3 is 5.97 Å². The average molecular weight is 398 g/mol. The van der Waals surface area contributed by atoms with Gasteiger partial charge in [-0.05, 0) is 42.9 Å². The highest BCUT2D eigenvalue weighted by molar-refractivity contribution is 5.91. The summed E-state index contributed by atoms with van der Waals surface area (Å²) in [5.74, 6) is -0.323. The minimum Gasteiger partial charge on any atom is -0.459 e. The quantitative estimate of drug-likeness (QED) is 0.690. The number of carbonyl (C=O) groups is 3. The Bertz CT molecular complexity index is 796. The topological polar surface area (TPSA) is 88.9 Å². The molecule has 0 aliphatic carbocycles. The lowest BCUT2D eigenvalue weighted by atomic mass is 9.90. The van der Waals surface area contributed by atoms with Gasteiger partial charge in [-0.1, -0.05) is 30.3 Å². The van der Waals surface area contributed by atoms with E-state index in [9.17, 15) is 14.4 Å². The third-order valence-electron chi connectivity index (χ3n) is 5.05. The number of carbonyl (C=O) groups excluding carboxylic acids is 3. The first kappa shape index (κ1) is 20.6. The number of furan rings is 1. The number of nitrogens with zero attached hydrogens (tertiary/aromatic N) is 1. The largest absolute Gasteiger partial charge is 0.459 e. The van der Waals surface area contributed by atoms with E-state index in [4.69, 9.17) is 9.15 Å². The van der Waals surface area contributed by atoms with Crippen molar-refractivity contribution in [3.63, 3.8) is 0 Å². The molecule has 0 bridgehead atoms. The van der Waals surface area contributed by atoms with Crippen LogP contribution in [0.4, 0.5) is 0 Å². The van der Waals surface area contributed by atoms with E-state index >= 15 is 0 Å². The van der Waals surface area contributed by atoms with Gasteiger partial charge in [0.25, 0.3) is 11.8 Å². The van der Waals surface area contributed by atoms with Crippen LogP contribution in [0.5, 0.6) is 0 Å². The zero-order chi connectivity index (χ0) is 20.5. The SMILES string of the molecule is O=C(CCNC(=O)c1ccco1)OCC(=O)N1CCC(Cc2ccccc2)CC1. The zero-order valence-corrected chi connectivity index (χ0v) is 16.3. The van der Waals surface area contributed by atoms with Gasteiger partial charge in [-0.3, -0.25) is 14.4 Å². The van der Waals surface area contributed by atoms with Crippen molar-refractivity contribution in [2.75, 3.05) is 26.2 Å². The van der Waals surface area contributed by atoms with Gasteiger partial charge < -0.3 is 19.4 Å². The van der Waals surface area contributed by atoms with Crippen LogP contribution in [0.2, 0.25) is 0 Å². The van der Waals surface area contributed by atoms with Gasteiger partial charge in [0.05, 0.1) is 12.7 Å². The van der Waals surface area contributed by atoms with Gasteiger partial charge in [-0.15, -0.1) is 0 Å². The molecule has 154 valence electrons. The first-order chi connectivity index (χ1) is 14.1. The predicted octanol–water partition coefficient (Wildman–Crippen LogP) is 2.42. The molecule has 7 heteroatoms. The number of benzene rings is 1. The molecule has 0 saturated carbocycles. The van der Waals surface area contributed by atoms with Crippen molar-refractivity contribution in [3.8, 4) is 0 Å². The second-order valence-corrected chi connectivity index (χ2v) is 7.16. The van der Waals surface area contributed by atoms with E-state index in [0.717, 1.165) is 19.3 Å². The van der Waals surface area contributed by atoms with Crippen LogP contribution in [0.15, 0.2) is 53.1 Å². The Morgan fingerprint density at radius 3 is 2.52 bits per heavy atom. The number of rotatable bonds is 8. The molecule has 2 heterocycles. The maximum atomic E-state index is 12.3. The highest BCUT2D eigenvalue weighted by atomic mass is 16.5. The van der Waals surface area contributed by atoms with Crippen molar-refractivity contribution >= 4 is 17.8 Å². The first-order valence-corrected chi connectivity index (χ1v) is 9.91. The van der Waals surface area contributed by atoms with E-state index in [1.54, 1.807) is 11.0 Å². The van der Waals surface area contributed by atoms with Crippen LogP contribution in [0.3, 0.4) is 0 Å². The molecule has 1 aliphatic rings. The molecule has 7 nitrogen and oxygen atoms in total. The van der Waals surface area contributed by atoms with Crippen molar-refractivity contribution < 1.29 is 23.5 Å². The molecular weight excluding hydrogens is 372 g/mol. The van der Waals surface area contributed by atoms with E-state index in [0.29, 0.717) is 19.0 Å². The lowest BCUT2D eigenvalue weighted by Crippen LogP contribution is -2.41. The van der Waals surface area contributed by atoms with E-state index in [-0.39, 0.29) is 31.2 Å². The van der Waals surface area contributed by atoms with Gasteiger partial charge in [0.1, 0.15) is 0 Å². The molecule has 0 atom stereocenters. The summed E-state index contributed by atoms with van der Waals surface area (Å²) in [5, 5.41) is 2.56. The number of likely N-dealkylation sites (tertiary alicyclic amines) is 1. The Labute approximate surface area is 170 Å². The molecule has 0 spiro atoms. The van der Waals surface area contributed by atoms with Gasteiger partial charge in [0.15, 0.2) is 12.4 Å². The minimum absolute atomic E-state index is 0.00111.